The fraction of sp³-hybridized carbons (Fsp3) is 0.647. The summed E-state index contributed by atoms with van der Waals surface area (Å²) in [6.45, 7) is 8.72. The fourth-order valence-electron chi connectivity index (χ4n) is 2.92. The number of nitrogens with zero attached hydrogens (tertiary/aromatic N) is 1. The van der Waals surface area contributed by atoms with Crippen molar-refractivity contribution in [2.24, 2.45) is 0 Å². The largest absolute Gasteiger partial charge is 0.494 e. The molecule has 0 aliphatic carbocycles. The van der Waals surface area contributed by atoms with E-state index in [1.807, 2.05) is 6.07 Å². The molecule has 1 fully saturated rings. The van der Waals surface area contributed by atoms with Crippen molar-refractivity contribution in [3.8, 4) is 5.75 Å². The van der Waals surface area contributed by atoms with Gasteiger partial charge in [0.1, 0.15) is 5.75 Å². The van der Waals surface area contributed by atoms with Crippen molar-refractivity contribution in [2.45, 2.75) is 39.7 Å². The van der Waals surface area contributed by atoms with E-state index in [2.05, 4.69) is 37.8 Å². The Hall–Kier alpha value is -1.07. The molecule has 0 amide bonds. The van der Waals surface area contributed by atoms with E-state index in [1.165, 1.54) is 11.1 Å². The van der Waals surface area contributed by atoms with E-state index in [9.17, 15) is 8.42 Å². The normalized spacial score (nSPS) is 20.5. The highest BCUT2D eigenvalue weighted by molar-refractivity contribution is 7.91. The summed E-state index contributed by atoms with van der Waals surface area (Å²) >= 11 is 0. The van der Waals surface area contributed by atoms with Gasteiger partial charge in [0.05, 0.1) is 18.1 Å². The zero-order valence-corrected chi connectivity index (χ0v) is 14.7. The highest BCUT2D eigenvalue weighted by atomic mass is 32.2. The van der Waals surface area contributed by atoms with Crippen LogP contribution in [0.3, 0.4) is 0 Å². The zero-order chi connectivity index (χ0) is 16.2. The first-order valence-electron chi connectivity index (χ1n) is 8.06. The smallest absolute Gasteiger partial charge is 0.151 e. The van der Waals surface area contributed by atoms with Crippen LogP contribution in [0, 0.1) is 13.8 Å². The topological polar surface area (TPSA) is 46.6 Å². The molecular formula is C17H27NO3S. The number of hydrogen-bond acceptors (Lipinski definition) is 4. The van der Waals surface area contributed by atoms with Gasteiger partial charge in [-0.2, -0.15) is 0 Å². The Morgan fingerprint density at radius 3 is 2.64 bits per heavy atom. The molecule has 0 N–H and O–H groups in total. The van der Waals surface area contributed by atoms with Crippen LogP contribution >= 0.6 is 0 Å². The van der Waals surface area contributed by atoms with Crippen molar-refractivity contribution in [1.82, 2.24) is 4.90 Å². The number of rotatable bonds is 7. The number of aryl methyl sites for hydroxylation is 2. The SMILES string of the molecule is CCN(CCCOc1ccc(C)c(C)c1)[C@H]1CCS(=O)(=O)C1. The van der Waals surface area contributed by atoms with Crippen LogP contribution in [-0.2, 0) is 9.84 Å². The molecule has 22 heavy (non-hydrogen) atoms. The molecular weight excluding hydrogens is 298 g/mol. The predicted molar refractivity (Wildman–Crippen MR) is 90.3 cm³/mol. The zero-order valence-electron chi connectivity index (χ0n) is 13.8. The molecule has 4 nitrogen and oxygen atoms in total. The third-order valence-corrected chi connectivity index (χ3v) is 6.22. The van der Waals surface area contributed by atoms with E-state index in [1.54, 1.807) is 0 Å². The van der Waals surface area contributed by atoms with Crippen LogP contribution in [0.15, 0.2) is 18.2 Å². The summed E-state index contributed by atoms with van der Waals surface area (Å²) in [6, 6.07) is 6.34. The summed E-state index contributed by atoms with van der Waals surface area (Å²) in [5, 5.41) is 0. The second-order valence-corrected chi connectivity index (χ2v) is 8.36. The van der Waals surface area contributed by atoms with Gasteiger partial charge >= 0.3 is 0 Å². The van der Waals surface area contributed by atoms with E-state index < -0.39 is 9.84 Å². The molecule has 1 saturated heterocycles. The molecule has 0 radical (unpaired) electrons. The van der Waals surface area contributed by atoms with Gasteiger partial charge in [0.25, 0.3) is 0 Å². The van der Waals surface area contributed by atoms with Crippen molar-refractivity contribution in [2.75, 3.05) is 31.2 Å². The summed E-state index contributed by atoms with van der Waals surface area (Å²) in [5.41, 5.74) is 2.51. The summed E-state index contributed by atoms with van der Waals surface area (Å²) in [4.78, 5) is 2.27. The maximum absolute atomic E-state index is 11.6. The molecule has 1 aromatic carbocycles. The maximum atomic E-state index is 11.6. The monoisotopic (exact) mass is 325 g/mol. The first-order chi connectivity index (χ1) is 10.4. The third kappa shape index (κ3) is 4.71. The van der Waals surface area contributed by atoms with Crippen LogP contribution < -0.4 is 4.74 Å². The minimum Gasteiger partial charge on any atom is -0.494 e. The number of hydrogen-bond donors (Lipinski definition) is 0. The van der Waals surface area contributed by atoms with Crippen molar-refractivity contribution in [3.05, 3.63) is 29.3 Å². The van der Waals surface area contributed by atoms with Crippen LogP contribution in [0.1, 0.15) is 30.9 Å². The summed E-state index contributed by atoms with van der Waals surface area (Å²) in [5.74, 6) is 1.57. The van der Waals surface area contributed by atoms with E-state index >= 15 is 0 Å². The van der Waals surface area contributed by atoms with Gasteiger partial charge in [-0.05, 0) is 56.5 Å². The Kier molecular flexibility index (Phi) is 5.87. The molecule has 1 aliphatic rings. The molecule has 1 aliphatic heterocycles. The summed E-state index contributed by atoms with van der Waals surface area (Å²) < 4.78 is 29.0. The third-order valence-electron chi connectivity index (χ3n) is 4.47. The lowest BCUT2D eigenvalue weighted by molar-refractivity contribution is 0.199. The average molecular weight is 325 g/mol. The molecule has 0 saturated carbocycles. The Bertz CT molecular complexity index is 598. The van der Waals surface area contributed by atoms with E-state index in [0.717, 1.165) is 31.7 Å². The Morgan fingerprint density at radius 2 is 2.05 bits per heavy atom. The van der Waals surface area contributed by atoms with Crippen molar-refractivity contribution >= 4 is 9.84 Å². The highest BCUT2D eigenvalue weighted by Gasteiger charge is 2.31. The van der Waals surface area contributed by atoms with Gasteiger partial charge in [0.2, 0.25) is 0 Å². The molecule has 0 bridgehead atoms. The summed E-state index contributed by atoms with van der Waals surface area (Å²) in [6.07, 6.45) is 1.69. The van der Waals surface area contributed by atoms with E-state index in [0.29, 0.717) is 18.1 Å². The van der Waals surface area contributed by atoms with Gasteiger partial charge in [0, 0.05) is 12.6 Å². The van der Waals surface area contributed by atoms with E-state index in [-0.39, 0.29) is 6.04 Å². The molecule has 0 unspecified atom stereocenters. The molecule has 5 heteroatoms. The van der Waals surface area contributed by atoms with Gasteiger partial charge in [-0.1, -0.05) is 13.0 Å². The second-order valence-electron chi connectivity index (χ2n) is 6.13. The molecule has 1 heterocycles. The second kappa shape index (κ2) is 7.47. The van der Waals surface area contributed by atoms with Crippen LogP contribution in [0.25, 0.3) is 0 Å². The van der Waals surface area contributed by atoms with Crippen LogP contribution in [-0.4, -0.2) is 50.6 Å². The Morgan fingerprint density at radius 1 is 1.27 bits per heavy atom. The Labute approximate surface area is 134 Å². The fourth-order valence-corrected chi connectivity index (χ4v) is 4.69. The van der Waals surface area contributed by atoms with Crippen LogP contribution in [0.4, 0.5) is 0 Å². The van der Waals surface area contributed by atoms with Crippen molar-refractivity contribution in [3.63, 3.8) is 0 Å². The molecule has 1 aromatic rings. The van der Waals surface area contributed by atoms with Gasteiger partial charge in [0.15, 0.2) is 9.84 Å². The minimum absolute atomic E-state index is 0.191. The molecule has 2 rings (SSSR count). The van der Waals surface area contributed by atoms with Crippen LogP contribution in [0.2, 0.25) is 0 Å². The molecule has 0 aromatic heterocycles. The molecule has 0 spiro atoms. The number of ether oxygens (including phenoxy) is 1. The number of benzene rings is 1. The predicted octanol–water partition coefficient (Wildman–Crippen LogP) is 2.58. The minimum atomic E-state index is -2.81. The van der Waals surface area contributed by atoms with Gasteiger partial charge in [-0.25, -0.2) is 8.42 Å². The molecule has 124 valence electrons. The Balaban J connectivity index is 1.76. The first-order valence-corrected chi connectivity index (χ1v) is 9.88. The average Bonchev–Trinajstić information content (AvgIpc) is 2.83. The first kappa shape index (κ1) is 17.3. The number of sulfone groups is 1. The van der Waals surface area contributed by atoms with Crippen molar-refractivity contribution in [1.29, 1.82) is 0 Å². The standard InChI is InChI=1S/C17H27NO3S/c1-4-18(16-8-11-22(19,20)13-16)9-5-10-21-17-7-6-14(2)15(3)12-17/h6-7,12,16H,4-5,8-11,13H2,1-3H3/t16-/m0/s1. The highest BCUT2D eigenvalue weighted by Crippen LogP contribution is 2.19. The van der Waals surface area contributed by atoms with Gasteiger partial charge < -0.3 is 4.74 Å². The van der Waals surface area contributed by atoms with Gasteiger partial charge in [-0.3, -0.25) is 4.90 Å². The lowest BCUT2D eigenvalue weighted by Gasteiger charge is -2.26. The lowest BCUT2D eigenvalue weighted by Crippen LogP contribution is -2.37. The van der Waals surface area contributed by atoms with Crippen LogP contribution in [0.5, 0.6) is 5.75 Å². The lowest BCUT2D eigenvalue weighted by atomic mass is 10.1. The van der Waals surface area contributed by atoms with Gasteiger partial charge in [-0.15, -0.1) is 0 Å². The van der Waals surface area contributed by atoms with E-state index in [4.69, 9.17) is 4.74 Å². The quantitative estimate of drug-likeness (QED) is 0.723. The maximum Gasteiger partial charge on any atom is 0.151 e. The molecule has 1 atom stereocenters. The summed E-state index contributed by atoms with van der Waals surface area (Å²) in [7, 11) is -2.81. The van der Waals surface area contributed by atoms with Crippen molar-refractivity contribution < 1.29 is 13.2 Å².